The van der Waals surface area contributed by atoms with Gasteiger partial charge in [0.05, 0.1) is 6.10 Å². The highest BCUT2D eigenvalue weighted by Gasteiger charge is 2.18. The third-order valence-corrected chi connectivity index (χ3v) is 3.52. The Labute approximate surface area is 100 Å². The van der Waals surface area contributed by atoms with Gasteiger partial charge in [-0.05, 0) is 25.2 Å². The van der Waals surface area contributed by atoms with Crippen molar-refractivity contribution in [1.29, 1.82) is 0 Å². The SMILES string of the molecule is CCCCCCCCC(O)CC1CCOC1. The zero-order valence-corrected chi connectivity index (χ0v) is 10.8. The first-order valence-electron chi connectivity index (χ1n) is 7.08. The van der Waals surface area contributed by atoms with Gasteiger partial charge < -0.3 is 9.84 Å². The molecule has 1 aliphatic rings. The summed E-state index contributed by atoms with van der Waals surface area (Å²) in [5, 5.41) is 9.86. The van der Waals surface area contributed by atoms with Gasteiger partial charge in [-0.3, -0.25) is 0 Å². The highest BCUT2D eigenvalue weighted by molar-refractivity contribution is 4.69. The van der Waals surface area contributed by atoms with Gasteiger partial charge in [-0.15, -0.1) is 0 Å². The van der Waals surface area contributed by atoms with Crippen LogP contribution in [0.3, 0.4) is 0 Å². The number of ether oxygens (including phenoxy) is 1. The molecule has 0 aromatic heterocycles. The quantitative estimate of drug-likeness (QED) is 0.612. The zero-order chi connectivity index (χ0) is 11.6. The molecule has 16 heavy (non-hydrogen) atoms. The summed E-state index contributed by atoms with van der Waals surface area (Å²) < 4.78 is 5.32. The second kappa shape index (κ2) is 9.00. The van der Waals surface area contributed by atoms with E-state index < -0.39 is 0 Å². The topological polar surface area (TPSA) is 29.5 Å². The summed E-state index contributed by atoms with van der Waals surface area (Å²) in [4.78, 5) is 0. The van der Waals surface area contributed by atoms with Crippen LogP contribution in [0.15, 0.2) is 0 Å². The first kappa shape index (κ1) is 14.0. The largest absolute Gasteiger partial charge is 0.393 e. The van der Waals surface area contributed by atoms with E-state index in [2.05, 4.69) is 6.92 Å². The highest BCUT2D eigenvalue weighted by atomic mass is 16.5. The van der Waals surface area contributed by atoms with Crippen molar-refractivity contribution in [1.82, 2.24) is 0 Å². The van der Waals surface area contributed by atoms with Gasteiger partial charge in [-0.2, -0.15) is 0 Å². The molecule has 0 radical (unpaired) electrons. The maximum Gasteiger partial charge on any atom is 0.0543 e. The minimum absolute atomic E-state index is 0.0853. The van der Waals surface area contributed by atoms with E-state index in [0.717, 1.165) is 32.5 Å². The van der Waals surface area contributed by atoms with Crippen LogP contribution in [0, 0.1) is 5.92 Å². The lowest BCUT2D eigenvalue weighted by Crippen LogP contribution is -2.13. The van der Waals surface area contributed by atoms with E-state index >= 15 is 0 Å². The van der Waals surface area contributed by atoms with E-state index in [9.17, 15) is 5.11 Å². The molecule has 0 spiro atoms. The molecule has 0 aromatic carbocycles. The summed E-state index contributed by atoms with van der Waals surface area (Å²) in [6.07, 6.45) is 10.9. The molecular weight excluding hydrogens is 200 g/mol. The Balaban J connectivity index is 1.87. The molecule has 0 saturated carbocycles. The monoisotopic (exact) mass is 228 g/mol. The number of unbranched alkanes of at least 4 members (excludes halogenated alkanes) is 5. The van der Waals surface area contributed by atoms with Crippen molar-refractivity contribution in [2.24, 2.45) is 5.92 Å². The molecule has 2 atom stereocenters. The molecule has 1 fully saturated rings. The van der Waals surface area contributed by atoms with E-state index in [1.54, 1.807) is 0 Å². The van der Waals surface area contributed by atoms with E-state index in [1.807, 2.05) is 0 Å². The maximum absolute atomic E-state index is 9.86. The number of rotatable bonds is 9. The first-order valence-corrected chi connectivity index (χ1v) is 7.08. The molecule has 96 valence electrons. The number of hydrogen-bond acceptors (Lipinski definition) is 2. The fraction of sp³-hybridized carbons (Fsp3) is 1.00. The lowest BCUT2D eigenvalue weighted by Gasteiger charge is -2.14. The van der Waals surface area contributed by atoms with Gasteiger partial charge in [0.1, 0.15) is 0 Å². The van der Waals surface area contributed by atoms with Crippen molar-refractivity contribution in [3.8, 4) is 0 Å². The number of hydrogen-bond donors (Lipinski definition) is 1. The lowest BCUT2D eigenvalue weighted by atomic mass is 9.97. The second-order valence-electron chi connectivity index (χ2n) is 5.18. The normalized spacial score (nSPS) is 22.5. The standard InChI is InChI=1S/C14H28O2/c1-2-3-4-5-6-7-8-14(15)11-13-9-10-16-12-13/h13-15H,2-12H2,1H3. The predicted molar refractivity (Wildman–Crippen MR) is 67.5 cm³/mol. The van der Waals surface area contributed by atoms with Gasteiger partial charge in [0.2, 0.25) is 0 Å². The van der Waals surface area contributed by atoms with Crippen LogP contribution in [0.1, 0.15) is 64.7 Å². The van der Waals surface area contributed by atoms with Gasteiger partial charge in [-0.1, -0.05) is 45.4 Å². The molecule has 1 N–H and O–H groups in total. The Morgan fingerprint density at radius 1 is 1.19 bits per heavy atom. The maximum atomic E-state index is 9.86. The van der Waals surface area contributed by atoms with Crippen LogP contribution in [0.2, 0.25) is 0 Å². The van der Waals surface area contributed by atoms with Crippen molar-refractivity contribution in [3.63, 3.8) is 0 Å². The predicted octanol–water partition coefficient (Wildman–Crippen LogP) is 3.52. The molecule has 1 saturated heterocycles. The van der Waals surface area contributed by atoms with Crippen LogP contribution >= 0.6 is 0 Å². The smallest absolute Gasteiger partial charge is 0.0543 e. The average Bonchev–Trinajstić information content (AvgIpc) is 2.76. The van der Waals surface area contributed by atoms with Crippen molar-refractivity contribution in [2.45, 2.75) is 70.8 Å². The highest BCUT2D eigenvalue weighted by Crippen LogP contribution is 2.20. The van der Waals surface area contributed by atoms with Gasteiger partial charge in [-0.25, -0.2) is 0 Å². The molecule has 1 rings (SSSR count). The van der Waals surface area contributed by atoms with Crippen LogP contribution in [-0.4, -0.2) is 24.4 Å². The Morgan fingerprint density at radius 2 is 1.94 bits per heavy atom. The summed E-state index contributed by atoms with van der Waals surface area (Å²) in [7, 11) is 0. The number of aliphatic hydroxyl groups excluding tert-OH is 1. The number of aliphatic hydroxyl groups is 1. The molecular formula is C14H28O2. The summed E-state index contributed by atoms with van der Waals surface area (Å²) in [5.74, 6) is 0.620. The third kappa shape index (κ3) is 6.49. The van der Waals surface area contributed by atoms with E-state index in [4.69, 9.17) is 4.74 Å². The van der Waals surface area contributed by atoms with Crippen LogP contribution < -0.4 is 0 Å². The summed E-state index contributed by atoms with van der Waals surface area (Å²) >= 11 is 0. The van der Waals surface area contributed by atoms with Crippen molar-refractivity contribution in [3.05, 3.63) is 0 Å². The minimum atomic E-state index is -0.0853. The molecule has 0 bridgehead atoms. The van der Waals surface area contributed by atoms with E-state index in [0.29, 0.717) is 5.92 Å². The summed E-state index contributed by atoms with van der Waals surface area (Å²) in [6, 6.07) is 0. The van der Waals surface area contributed by atoms with Gasteiger partial charge in [0.25, 0.3) is 0 Å². The lowest BCUT2D eigenvalue weighted by molar-refractivity contribution is 0.119. The molecule has 2 nitrogen and oxygen atoms in total. The van der Waals surface area contributed by atoms with Crippen LogP contribution in [0.4, 0.5) is 0 Å². The van der Waals surface area contributed by atoms with E-state index in [1.165, 1.54) is 38.5 Å². The molecule has 0 amide bonds. The molecule has 1 aliphatic heterocycles. The molecule has 2 heteroatoms. The van der Waals surface area contributed by atoms with Crippen LogP contribution in [0.25, 0.3) is 0 Å². The first-order chi connectivity index (χ1) is 7.83. The molecule has 0 aliphatic carbocycles. The van der Waals surface area contributed by atoms with Crippen LogP contribution in [0.5, 0.6) is 0 Å². The fourth-order valence-corrected chi connectivity index (χ4v) is 2.43. The Kier molecular flexibility index (Phi) is 7.87. The van der Waals surface area contributed by atoms with Gasteiger partial charge in [0.15, 0.2) is 0 Å². The Hall–Kier alpha value is -0.0800. The molecule has 0 aromatic rings. The van der Waals surface area contributed by atoms with Crippen LogP contribution in [-0.2, 0) is 4.74 Å². The average molecular weight is 228 g/mol. The summed E-state index contributed by atoms with van der Waals surface area (Å²) in [6.45, 7) is 4.01. The Bertz CT molecular complexity index is 153. The van der Waals surface area contributed by atoms with E-state index in [-0.39, 0.29) is 6.10 Å². The molecule has 2 unspecified atom stereocenters. The molecule has 1 heterocycles. The van der Waals surface area contributed by atoms with Crippen molar-refractivity contribution in [2.75, 3.05) is 13.2 Å². The Morgan fingerprint density at radius 3 is 2.62 bits per heavy atom. The minimum Gasteiger partial charge on any atom is -0.393 e. The van der Waals surface area contributed by atoms with Crippen molar-refractivity contribution < 1.29 is 9.84 Å². The summed E-state index contributed by atoms with van der Waals surface area (Å²) in [5.41, 5.74) is 0. The zero-order valence-electron chi connectivity index (χ0n) is 10.8. The van der Waals surface area contributed by atoms with Gasteiger partial charge in [0, 0.05) is 13.2 Å². The van der Waals surface area contributed by atoms with Crippen molar-refractivity contribution >= 4 is 0 Å². The third-order valence-electron chi connectivity index (χ3n) is 3.52. The second-order valence-corrected chi connectivity index (χ2v) is 5.18. The van der Waals surface area contributed by atoms with Gasteiger partial charge >= 0.3 is 0 Å². The fourth-order valence-electron chi connectivity index (χ4n) is 2.43.